The first-order chi connectivity index (χ1) is 9.27. The van der Waals surface area contributed by atoms with Gasteiger partial charge in [0, 0.05) is 6.42 Å². The van der Waals surface area contributed by atoms with Gasteiger partial charge in [0.05, 0.1) is 19.5 Å². The number of carbonyl (C=O) groups is 1. The quantitative estimate of drug-likeness (QED) is 0.772. The van der Waals surface area contributed by atoms with Gasteiger partial charge in [-0.15, -0.1) is 0 Å². The van der Waals surface area contributed by atoms with Gasteiger partial charge in [-0.25, -0.2) is 9.18 Å². The molecule has 1 rings (SSSR count). The predicted octanol–water partition coefficient (Wildman–Crippen LogP) is 0.669. The minimum Gasteiger partial charge on any atom is -0.468 e. The molecule has 1 heterocycles. The number of aromatic nitrogens is 2. The molecule has 1 aromatic heterocycles. The predicted molar refractivity (Wildman–Crippen MR) is 68.5 cm³/mol. The maximum Gasteiger partial charge on any atom is 0.441 e. The number of aryl methyl sites for hydroxylation is 1. The molecule has 0 unspecified atom stereocenters. The van der Waals surface area contributed by atoms with Gasteiger partial charge in [-0.2, -0.15) is 0 Å². The first kappa shape index (κ1) is 16.1. The van der Waals surface area contributed by atoms with Crippen molar-refractivity contribution in [2.75, 3.05) is 7.11 Å². The molecule has 0 aromatic carbocycles. The zero-order valence-corrected chi connectivity index (χ0v) is 11.7. The molecule has 0 radical (unpaired) electrons. The van der Waals surface area contributed by atoms with Gasteiger partial charge in [0.25, 0.3) is 0 Å². The van der Waals surface area contributed by atoms with E-state index in [0.717, 1.165) is 0 Å². The average molecular weight is 287 g/mol. The normalized spacial score (nSPS) is 14.9. The topological polar surface area (TPSA) is 100 Å². The van der Waals surface area contributed by atoms with Crippen molar-refractivity contribution >= 4 is 5.97 Å². The fourth-order valence-corrected chi connectivity index (χ4v) is 1.55. The number of nitrogens with zero attached hydrogens (tertiary/aromatic N) is 2. The molecule has 0 amide bonds. The number of allylic oxidation sites excluding steroid dienone is 2. The molecule has 0 bridgehead atoms. The standard InChI is InChI=1S/C12H18FN3O4/c1-8-15-20-11(18)16(8)7-5-9(13)4-6-12(2,14)10(17)19-3/h5H,4,6-7,14H2,1-3H3/b9-5+/t12-/m1/s1. The van der Waals surface area contributed by atoms with E-state index in [0.29, 0.717) is 5.82 Å². The van der Waals surface area contributed by atoms with E-state index in [1.54, 1.807) is 6.92 Å². The summed E-state index contributed by atoms with van der Waals surface area (Å²) in [7, 11) is 1.22. The SMILES string of the molecule is COC(=O)[C@](C)(N)CC/C(F)=C\Cn1c(C)noc1=O. The van der Waals surface area contributed by atoms with Gasteiger partial charge >= 0.3 is 11.7 Å². The largest absolute Gasteiger partial charge is 0.468 e. The molecule has 8 heteroatoms. The van der Waals surface area contributed by atoms with E-state index < -0.39 is 23.1 Å². The van der Waals surface area contributed by atoms with Gasteiger partial charge in [0.15, 0.2) is 5.82 Å². The Hall–Kier alpha value is -1.96. The minimum absolute atomic E-state index is 0.0134. The first-order valence-corrected chi connectivity index (χ1v) is 6.03. The number of nitrogens with two attached hydrogens (primary N) is 1. The van der Waals surface area contributed by atoms with Crippen molar-refractivity contribution in [3.05, 3.63) is 28.3 Å². The fraction of sp³-hybridized carbons (Fsp3) is 0.583. The van der Waals surface area contributed by atoms with Crippen molar-refractivity contribution in [1.29, 1.82) is 0 Å². The molecule has 1 atom stereocenters. The molecule has 7 nitrogen and oxygen atoms in total. The summed E-state index contributed by atoms with van der Waals surface area (Å²) in [5, 5.41) is 3.46. The Bertz CT molecular complexity index is 559. The molecule has 20 heavy (non-hydrogen) atoms. The summed E-state index contributed by atoms with van der Waals surface area (Å²) in [4.78, 5) is 22.5. The Morgan fingerprint density at radius 2 is 2.30 bits per heavy atom. The summed E-state index contributed by atoms with van der Waals surface area (Å²) in [5.74, 6) is -1.36. The number of rotatable bonds is 6. The maximum absolute atomic E-state index is 13.6. The Labute approximate surface area is 115 Å². The molecule has 0 saturated heterocycles. The van der Waals surface area contributed by atoms with Crippen LogP contribution < -0.4 is 11.5 Å². The lowest BCUT2D eigenvalue weighted by atomic mass is 9.97. The summed E-state index contributed by atoms with van der Waals surface area (Å²) in [6, 6.07) is 0. The molecule has 1 aromatic rings. The zero-order valence-electron chi connectivity index (χ0n) is 11.7. The van der Waals surface area contributed by atoms with E-state index in [9.17, 15) is 14.0 Å². The molecular formula is C12H18FN3O4. The number of halogens is 1. The van der Waals surface area contributed by atoms with Crippen LogP contribution in [0.1, 0.15) is 25.6 Å². The molecule has 0 aliphatic rings. The third kappa shape index (κ3) is 4.02. The van der Waals surface area contributed by atoms with Gasteiger partial charge in [-0.3, -0.25) is 13.9 Å². The van der Waals surface area contributed by atoms with Crippen LogP contribution in [0.3, 0.4) is 0 Å². The Kier molecular flexibility index (Phi) is 5.20. The number of methoxy groups -OCH3 is 1. The van der Waals surface area contributed by atoms with Crippen LogP contribution in [-0.4, -0.2) is 28.3 Å². The highest BCUT2D eigenvalue weighted by atomic mass is 19.1. The molecule has 0 saturated carbocycles. The molecule has 112 valence electrons. The third-order valence-electron chi connectivity index (χ3n) is 2.90. The number of hydrogen-bond acceptors (Lipinski definition) is 6. The van der Waals surface area contributed by atoms with Crippen molar-refractivity contribution in [3.63, 3.8) is 0 Å². The van der Waals surface area contributed by atoms with E-state index in [1.807, 2.05) is 0 Å². The summed E-state index contributed by atoms with van der Waals surface area (Å²) < 4.78 is 23.8. The van der Waals surface area contributed by atoms with Crippen molar-refractivity contribution in [1.82, 2.24) is 9.72 Å². The van der Waals surface area contributed by atoms with E-state index in [-0.39, 0.29) is 19.4 Å². The van der Waals surface area contributed by atoms with E-state index in [2.05, 4.69) is 14.4 Å². The lowest BCUT2D eigenvalue weighted by Crippen LogP contribution is -2.45. The Balaban J connectivity index is 2.59. The van der Waals surface area contributed by atoms with E-state index >= 15 is 0 Å². The summed E-state index contributed by atoms with van der Waals surface area (Å²) in [6.07, 6.45) is 1.29. The van der Waals surface area contributed by atoms with Crippen molar-refractivity contribution in [2.24, 2.45) is 5.73 Å². The lowest BCUT2D eigenvalue weighted by Gasteiger charge is -2.20. The van der Waals surface area contributed by atoms with Gasteiger partial charge in [-0.05, 0) is 26.3 Å². The maximum atomic E-state index is 13.6. The highest BCUT2D eigenvalue weighted by Crippen LogP contribution is 2.16. The van der Waals surface area contributed by atoms with Crippen LogP contribution in [0.25, 0.3) is 0 Å². The van der Waals surface area contributed by atoms with E-state index in [1.165, 1.54) is 24.7 Å². The zero-order chi connectivity index (χ0) is 15.3. The van der Waals surface area contributed by atoms with Crippen LogP contribution in [0.4, 0.5) is 4.39 Å². The second kappa shape index (κ2) is 6.47. The van der Waals surface area contributed by atoms with Crippen LogP contribution in [-0.2, 0) is 16.1 Å². The van der Waals surface area contributed by atoms with Crippen LogP contribution in [0.15, 0.2) is 21.2 Å². The molecule has 0 fully saturated rings. The average Bonchev–Trinajstić information content (AvgIpc) is 2.72. The van der Waals surface area contributed by atoms with Crippen molar-refractivity contribution in [3.8, 4) is 0 Å². The third-order valence-corrected chi connectivity index (χ3v) is 2.90. The monoisotopic (exact) mass is 287 g/mol. The molecule has 2 N–H and O–H groups in total. The summed E-state index contributed by atoms with van der Waals surface area (Å²) in [6.45, 7) is 3.06. The highest BCUT2D eigenvalue weighted by molar-refractivity contribution is 5.79. The van der Waals surface area contributed by atoms with Crippen molar-refractivity contribution in [2.45, 2.75) is 38.8 Å². The molecule has 0 aliphatic carbocycles. The molecular weight excluding hydrogens is 269 g/mol. The second-order valence-electron chi connectivity index (χ2n) is 4.67. The first-order valence-electron chi connectivity index (χ1n) is 6.03. The summed E-state index contributed by atoms with van der Waals surface area (Å²) >= 11 is 0. The number of ether oxygens (including phenoxy) is 1. The van der Waals surface area contributed by atoms with Crippen LogP contribution in [0, 0.1) is 6.92 Å². The van der Waals surface area contributed by atoms with Crippen LogP contribution in [0.5, 0.6) is 0 Å². The smallest absolute Gasteiger partial charge is 0.441 e. The van der Waals surface area contributed by atoms with Crippen LogP contribution in [0.2, 0.25) is 0 Å². The second-order valence-corrected chi connectivity index (χ2v) is 4.67. The summed E-state index contributed by atoms with van der Waals surface area (Å²) in [5.41, 5.74) is 4.46. The highest BCUT2D eigenvalue weighted by Gasteiger charge is 2.29. The number of carbonyl (C=O) groups excluding carboxylic acids is 1. The minimum atomic E-state index is -1.25. The Morgan fingerprint density at radius 1 is 1.65 bits per heavy atom. The van der Waals surface area contributed by atoms with Gasteiger partial charge in [-0.1, -0.05) is 5.16 Å². The number of esters is 1. The van der Waals surface area contributed by atoms with Crippen LogP contribution >= 0.6 is 0 Å². The Morgan fingerprint density at radius 3 is 2.80 bits per heavy atom. The van der Waals surface area contributed by atoms with Gasteiger partial charge < -0.3 is 10.5 Å². The van der Waals surface area contributed by atoms with Gasteiger partial charge in [0.1, 0.15) is 5.54 Å². The number of hydrogen-bond donors (Lipinski definition) is 1. The molecule has 0 aliphatic heterocycles. The fourth-order valence-electron chi connectivity index (χ4n) is 1.55. The lowest BCUT2D eigenvalue weighted by molar-refractivity contribution is -0.146. The van der Waals surface area contributed by atoms with E-state index in [4.69, 9.17) is 5.73 Å². The van der Waals surface area contributed by atoms with Gasteiger partial charge in [0.2, 0.25) is 0 Å². The van der Waals surface area contributed by atoms with Crippen molar-refractivity contribution < 1.29 is 18.4 Å². The molecule has 0 spiro atoms.